The lowest BCUT2D eigenvalue weighted by molar-refractivity contribution is 0.886. The van der Waals surface area contributed by atoms with E-state index in [1.807, 2.05) is 6.07 Å². The van der Waals surface area contributed by atoms with Crippen molar-refractivity contribution in [3.05, 3.63) is 41.9 Å². The van der Waals surface area contributed by atoms with E-state index in [0.717, 1.165) is 22.3 Å². The van der Waals surface area contributed by atoms with Gasteiger partial charge in [0, 0.05) is 0 Å². The summed E-state index contributed by atoms with van der Waals surface area (Å²) in [5.74, 6) is 0.455. The third kappa shape index (κ3) is 1.52. The van der Waals surface area contributed by atoms with Crippen molar-refractivity contribution in [2.24, 2.45) is 0 Å². The fourth-order valence-electron chi connectivity index (χ4n) is 2.08. The monoisotopic (exact) mass is 239 g/mol. The first-order chi connectivity index (χ1) is 8.66. The highest BCUT2D eigenvalue weighted by Crippen LogP contribution is 2.21. The summed E-state index contributed by atoms with van der Waals surface area (Å²) < 4.78 is 1.79. The number of nitrogen functional groups attached to an aromatic ring is 1. The Morgan fingerprint density at radius 2 is 2.00 bits per heavy atom. The summed E-state index contributed by atoms with van der Waals surface area (Å²) in [6.07, 6.45) is 3.16. The van der Waals surface area contributed by atoms with E-state index >= 15 is 0 Å². The van der Waals surface area contributed by atoms with Crippen molar-refractivity contribution in [2.45, 2.75) is 13.8 Å². The molecule has 1 aromatic carbocycles. The van der Waals surface area contributed by atoms with Crippen LogP contribution in [0.15, 0.2) is 30.7 Å². The van der Waals surface area contributed by atoms with Crippen molar-refractivity contribution in [1.82, 2.24) is 19.7 Å². The van der Waals surface area contributed by atoms with Gasteiger partial charge in [0.1, 0.15) is 12.1 Å². The van der Waals surface area contributed by atoms with E-state index in [2.05, 4.69) is 41.0 Å². The zero-order valence-corrected chi connectivity index (χ0v) is 10.3. The van der Waals surface area contributed by atoms with Gasteiger partial charge < -0.3 is 5.73 Å². The zero-order chi connectivity index (χ0) is 12.7. The van der Waals surface area contributed by atoms with Crippen LogP contribution in [0.1, 0.15) is 11.1 Å². The molecule has 0 aliphatic carbocycles. The smallest absolute Gasteiger partial charge is 0.168 e. The van der Waals surface area contributed by atoms with Crippen LogP contribution < -0.4 is 5.73 Å². The standard InChI is InChI=1S/C13H13N5/c1-8-3-4-11(9(2)5-8)18-13-10(6-17-18)12(14)15-7-16-13/h3-7H,1-2H3,(H2,14,15,16). The number of hydrogen-bond donors (Lipinski definition) is 1. The number of benzene rings is 1. The lowest BCUT2D eigenvalue weighted by Gasteiger charge is -2.07. The van der Waals surface area contributed by atoms with Crippen LogP contribution in [-0.4, -0.2) is 19.7 Å². The number of aromatic nitrogens is 4. The number of hydrogen-bond acceptors (Lipinski definition) is 4. The van der Waals surface area contributed by atoms with Crippen molar-refractivity contribution >= 4 is 16.9 Å². The largest absolute Gasteiger partial charge is 0.383 e. The minimum atomic E-state index is 0.455. The Morgan fingerprint density at radius 3 is 2.78 bits per heavy atom. The third-order valence-corrected chi connectivity index (χ3v) is 2.98. The van der Waals surface area contributed by atoms with E-state index in [4.69, 9.17) is 5.73 Å². The number of nitrogens with zero attached hydrogens (tertiary/aromatic N) is 4. The minimum Gasteiger partial charge on any atom is -0.383 e. The normalized spacial score (nSPS) is 11.0. The highest BCUT2D eigenvalue weighted by atomic mass is 15.3. The molecule has 5 nitrogen and oxygen atoms in total. The van der Waals surface area contributed by atoms with Gasteiger partial charge in [-0.05, 0) is 25.5 Å². The molecular formula is C13H13N5. The van der Waals surface area contributed by atoms with Crippen molar-refractivity contribution in [3.8, 4) is 5.69 Å². The number of rotatable bonds is 1. The molecule has 2 N–H and O–H groups in total. The quantitative estimate of drug-likeness (QED) is 0.705. The first kappa shape index (κ1) is 10.7. The number of fused-ring (bicyclic) bond motifs is 1. The molecule has 90 valence electrons. The number of anilines is 1. The summed E-state index contributed by atoms with van der Waals surface area (Å²) in [5.41, 5.74) is 9.92. The molecule has 0 atom stereocenters. The molecule has 2 aromatic heterocycles. The van der Waals surface area contributed by atoms with Crippen LogP contribution in [0, 0.1) is 13.8 Å². The number of nitrogens with two attached hydrogens (primary N) is 1. The molecule has 0 bridgehead atoms. The van der Waals surface area contributed by atoms with Crippen molar-refractivity contribution in [1.29, 1.82) is 0 Å². The Morgan fingerprint density at radius 1 is 1.17 bits per heavy atom. The topological polar surface area (TPSA) is 69.6 Å². The zero-order valence-electron chi connectivity index (χ0n) is 10.3. The van der Waals surface area contributed by atoms with Crippen LogP contribution in [0.5, 0.6) is 0 Å². The molecule has 0 aliphatic rings. The molecule has 18 heavy (non-hydrogen) atoms. The third-order valence-electron chi connectivity index (χ3n) is 2.98. The maximum atomic E-state index is 5.81. The second-order valence-electron chi connectivity index (χ2n) is 4.34. The lowest BCUT2D eigenvalue weighted by atomic mass is 10.1. The van der Waals surface area contributed by atoms with Gasteiger partial charge in [-0.25, -0.2) is 14.6 Å². The molecule has 0 aliphatic heterocycles. The van der Waals surface area contributed by atoms with Gasteiger partial charge in [0.2, 0.25) is 0 Å². The van der Waals surface area contributed by atoms with Gasteiger partial charge in [-0.3, -0.25) is 0 Å². The summed E-state index contributed by atoms with van der Waals surface area (Å²) in [6, 6.07) is 6.21. The first-order valence-electron chi connectivity index (χ1n) is 5.68. The van der Waals surface area contributed by atoms with E-state index in [9.17, 15) is 0 Å². The summed E-state index contributed by atoms with van der Waals surface area (Å²) in [7, 11) is 0. The second-order valence-corrected chi connectivity index (χ2v) is 4.34. The Hall–Kier alpha value is -2.43. The summed E-state index contributed by atoms with van der Waals surface area (Å²) >= 11 is 0. The Labute approximate surface area is 104 Å². The average Bonchev–Trinajstić information content (AvgIpc) is 2.74. The van der Waals surface area contributed by atoms with Crippen LogP contribution in [0.2, 0.25) is 0 Å². The van der Waals surface area contributed by atoms with Crippen LogP contribution in [0.25, 0.3) is 16.7 Å². The minimum absolute atomic E-state index is 0.455. The molecule has 2 heterocycles. The molecule has 5 heteroatoms. The number of aryl methyl sites for hydroxylation is 2. The second kappa shape index (κ2) is 3.80. The van der Waals surface area contributed by atoms with Gasteiger partial charge in [0.05, 0.1) is 17.3 Å². The van der Waals surface area contributed by atoms with E-state index in [0.29, 0.717) is 5.82 Å². The van der Waals surface area contributed by atoms with Gasteiger partial charge in [-0.2, -0.15) is 5.10 Å². The van der Waals surface area contributed by atoms with Gasteiger partial charge >= 0.3 is 0 Å². The lowest BCUT2D eigenvalue weighted by Crippen LogP contribution is -2.01. The van der Waals surface area contributed by atoms with Crippen molar-refractivity contribution < 1.29 is 0 Å². The predicted molar refractivity (Wildman–Crippen MR) is 70.5 cm³/mol. The van der Waals surface area contributed by atoms with Crippen LogP contribution in [0.4, 0.5) is 5.82 Å². The molecule has 3 rings (SSSR count). The van der Waals surface area contributed by atoms with Crippen LogP contribution in [-0.2, 0) is 0 Å². The Kier molecular flexibility index (Phi) is 2.26. The highest BCUT2D eigenvalue weighted by molar-refractivity contribution is 5.85. The molecule has 0 saturated heterocycles. The molecule has 0 saturated carbocycles. The Bertz CT molecular complexity index is 729. The van der Waals surface area contributed by atoms with Gasteiger partial charge in [-0.15, -0.1) is 0 Å². The Balaban J connectivity index is 2.29. The van der Waals surface area contributed by atoms with E-state index in [1.54, 1.807) is 10.9 Å². The summed E-state index contributed by atoms with van der Waals surface area (Å²) in [6.45, 7) is 4.12. The fraction of sp³-hybridized carbons (Fsp3) is 0.154. The van der Waals surface area contributed by atoms with Crippen molar-refractivity contribution in [3.63, 3.8) is 0 Å². The average molecular weight is 239 g/mol. The van der Waals surface area contributed by atoms with Gasteiger partial charge in [0.25, 0.3) is 0 Å². The molecule has 0 fully saturated rings. The molecule has 3 aromatic rings. The molecule has 0 unspecified atom stereocenters. The fourth-order valence-corrected chi connectivity index (χ4v) is 2.08. The van der Waals surface area contributed by atoms with Gasteiger partial charge in [0.15, 0.2) is 5.65 Å². The molecule has 0 amide bonds. The molecule has 0 radical (unpaired) electrons. The summed E-state index contributed by atoms with van der Waals surface area (Å²) in [4.78, 5) is 8.22. The molecular weight excluding hydrogens is 226 g/mol. The predicted octanol–water partition coefficient (Wildman–Crippen LogP) is 2.01. The maximum absolute atomic E-state index is 5.81. The van der Waals surface area contributed by atoms with E-state index in [1.165, 1.54) is 11.9 Å². The van der Waals surface area contributed by atoms with Crippen LogP contribution >= 0.6 is 0 Å². The van der Waals surface area contributed by atoms with E-state index in [-0.39, 0.29) is 0 Å². The first-order valence-corrected chi connectivity index (χ1v) is 5.68. The van der Waals surface area contributed by atoms with Gasteiger partial charge in [-0.1, -0.05) is 17.7 Å². The van der Waals surface area contributed by atoms with Crippen LogP contribution in [0.3, 0.4) is 0 Å². The van der Waals surface area contributed by atoms with E-state index < -0.39 is 0 Å². The molecule has 0 spiro atoms. The summed E-state index contributed by atoms with van der Waals surface area (Å²) in [5, 5.41) is 5.13. The maximum Gasteiger partial charge on any atom is 0.168 e. The van der Waals surface area contributed by atoms with Crippen molar-refractivity contribution in [2.75, 3.05) is 5.73 Å². The SMILES string of the molecule is Cc1ccc(-n2ncc3c(N)ncnc32)c(C)c1. The highest BCUT2D eigenvalue weighted by Gasteiger charge is 2.10.